The second-order valence-corrected chi connectivity index (χ2v) is 3.06. The zero-order chi connectivity index (χ0) is 7.84. The van der Waals surface area contributed by atoms with Crippen molar-refractivity contribution in [1.29, 1.82) is 0 Å². The van der Waals surface area contributed by atoms with Crippen LogP contribution in [0.25, 0.3) is 10.8 Å². The largest absolute Gasteiger partial charge is 1.00 e. The second kappa shape index (κ2) is 3.43. The molecule has 0 radical (unpaired) electrons. The smallest absolute Gasteiger partial charge is 0.168 e. The molecule has 0 nitrogen and oxygen atoms in total. The van der Waals surface area contributed by atoms with E-state index >= 15 is 0 Å². The predicted molar refractivity (Wildman–Crippen MR) is 49.0 cm³/mol. The van der Waals surface area contributed by atoms with Gasteiger partial charge in [0.15, 0.2) is 0 Å². The summed E-state index contributed by atoms with van der Waals surface area (Å²) in [4.78, 5) is 0. The molecule has 0 unspecified atom stereocenters. The molecule has 0 aliphatic carbocycles. The van der Waals surface area contributed by atoms with E-state index in [0.717, 1.165) is 0 Å². The number of aryl methyl sites for hydroxylation is 2. The molecule has 0 spiro atoms. The van der Waals surface area contributed by atoms with Crippen LogP contribution in [0.15, 0.2) is 30.3 Å². The molecule has 0 saturated heterocycles. The quantitative estimate of drug-likeness (QED) is 0.371. The van der Waals surface area contributed by atoms with E-state index in [1.807, 2.05) is 0 Å². The molecule has 12 heavy (non-hydrogen) atoms. The van der Waals surface area contributed by atoms with Gasteiger partial charge in [-0.05, 0) is 0 Å². The van der Waals surface area contributed by atoms with Crippen LogP contribution in [0.1, 0.15) is 11.1 Å². The van der Waals surface area contributed by atoms with E-state index in [9.17, 15) is 0 Å². The van der Waals surface area contributed by atoms with Crippen LogP contribution in [0.4, 0.5) is 0 Å². The minimum atomic E-state index is 0. The van der Waals surface area contributed by atoms with E-state index < -0.39 is 0 Å². The third-order valence-electron chi connectivity index (χ3n) is 2.21. The standard InChI is InChI=1S/C11H11.Li/c1-8-4-3-5-10-7-6-9(2)11(8)10;/h3-7H,1-2H3;/q-1;+1. The molecule has 1 heteroatoms. The van der Waals surface area contributed by atoms with Gasteiger partial charge in [0, 0.05) is 0 Å². The first-order valence-corrected chi connectivity index (χ1v) is 3.90. The van der Waals surface area contributed by atoms with E-state index in [4.69, 9.17) is 0 Å². The van der Waals surface area contributed by atoms with Gasteiger partial charge in [-0.2, -0.15) is 12.1 Å². The average Bonchev–Trinajstić information content (AvgIpc) is 2.34. The minimum Gasteiger partial charge on any atom is -0.168 e. The first-order valence-electron chi connectivity index (χ1n) is 3.90. The van der Waals surface area contributed by atoms with Crippen molar-refractivity contribution < 1.29 is 18.9 Å². The SMILES string of the molecule is Cc1cccc2cc[c-](C)c12.[Li+]. The number of fused-ring (bicyclic) bond motifs is 1. The maximum Gasteiger partial charge on any atom is 1.00 e. The van der Waals surface area contributed by atoms with Gasteiger partial charge in [0.1, 0.15) is 0 Å². The van der Waals surface area contributed by atoms with Crippen molar-refractivity contribution >= 4 is 10.8 Å². The molecule has 0 fully saturated rings. The summed E-state index contributed by atoms with van der Waals surface area (Å²) < 4.78 is 0. The van der Waals surface area contributed by atoms with E-state index in [0.29, 0.717) is 0 Å². The number of benzene rings is 1. The van der Waals surface area contributed by atoms with Crippen LogP contribution in [0, 0.1) is 13.8 Å². The van der Waals surface area contributed by atoms with E-state index in [-0.39, 0.29) is 18.9 Å². The molecular formula is C11H11Li. The van der Waals surface area contributed by atoms with Crippen molar-refractivity contribution in [3.63, 3.8) is 0 Å². The third-order valence-corrected chi connectivity index (χ3v) is 2.21. The minimum absolute atomic E-state index is 0. The van der Waals surface area contributed by atoms with Gasteiger partial charge in [-0.25, -0.2) is 0 Å². The monoisotopic (exact) mass is 150 g/mol. The molecule has 0 amide bonds. The van der Waals surface area contributed by atoms with Crippen molar-refractivity contribution in [2.45, 2.75) is 13.8 Å². The van der Waals surface area contributed by atoms with Crippen molar-refractivity contribution in [2.75, 3.05) is 0 Å². The summed E-state index contributed by atoms with van der Waals surface area (Å²) in [5.74, 6) is 0. The fourth-order valence-corrected chi connectivity index (χ4v) is 1.67. The molecule has 0 aliphatic rings. The van der Waals surface area contributed by atoms with Gasteiger partial charge in [-0.1, -0.05) is 19.9 Å². The fourth-order valence-electron chi connectivity index (χ4n) is 1.67. The molecule has 2 aromatic rings. The Morgan fingerprint density at radius 2 is 1.92 bits per heavy atom. The Balaban J connectivity index is 0.000000720. The molecule has 0 N–H and O–H groups in total. The van der Waals surface area contributed by atoms with Crippen LogP contribution in [-0.4, -0.2) is 0 Å². The number of hydrogen-bond acceptors (Lipinski definition) is 0. The zero-order valence-corrected chi connectivity index (χ0v) is 7.89. The van der Waals surface area contributed by atoms with Crippen molar-refractivity contribution in [3.8, 4) is 0 Å². The van der Waals surface area contributed by atoms with Gasteiger partial charge < -0.3 is 0 Å². The average molecular weight is 150 g/mol. The first-order chi connectivity index (χ1) is 5.29. The topological polar surface area (TPSA) is 0 Å². The van der Waals surface area contributed by atoms with Gasteiger partial charge in [0.25, 0.3) is 0 Å². The molecule has 56 valence electrons. The van der Waals surface area contributed by atoms with Crippen molar-refractivity contribution in [2.24, 2.45) is 0 Å². The van der Waals surface area contributed by atoms with Gasteiger partial charge in [-0.3, -0.25) is 0 Å². The summed E-state index contributed by atoms with van der Waals surface area (Å²) >= 11 is 0. The van der Waals surface area contributed by atoms with E-state index in [2.05, 4.69) is 44.2 Å². The Hall–Kier alpha value is -0.573. The number of rotatable bonds is 0. The van der Waals surface area contributed by atoms with Crippen LogP contribution in [0.2, 0.25) is 0 Å². The number of hydrogen-bond donors (Lipinski definition) is 0. The normalized spacial score (nSPS) is 9.83. The summed E-state index contributed by atoms with van der Waals surface area (Å²) in [5, 5.41) is 2.79. The first kappa shape index (κ1) is 9.51. The summed E-state index contributed by atoms with van der Waals surface area (Å²) in [7, 11) is 0. The van der Waals surface area contributed by atoms with Gasteiger partial charge in [0.05, 0.1) is 0 Å². The molecule has 0 saturated carbocycles. The van der Waals surface area contributed by atoms with Gasteiger partial charge in [-0.15, -0.1) is 34.0 Å². The summed E-state index contributed by atoms with van der Waals surface area (Å²) in [6.07, 6.45) is 0. The molecule has 0 bridgehead atoms. The Morgan fingerprint density at radius 1 is 1.17 bits per heavy atom. The second-order valence-electron chi connectivity index (χ2n) is 3.06. The van der Waals surface area contributed by atoms with Crippen molar-refractivity contribution in [1.82, 2.24) is 0 Å². The fraction of sp³-hybridized carbons (Fsp3) is 0.182. The maximum absolute atomic E-state index is 2.18. The molecule has 0 aromatic heterocycles. The Morgan fingerprint density at radius 3 is 2.58 bits per heavy atom. The predicted octanol–water partition coefficient (Wildman–Crippen LogP) is 0.180. The Bertz CT molecular complexity index is 385. The van der Waals surface area contributed by atoms with E-state index in [1.54, 1.807) is 0 Å². The van der Waals surface area contributed by atoms with Crippen LogP contribution < -0.4 is 18.9 Å². The van der Waals surface area contributed by atoms with Crippen LogP contribution in [-0.2, 0) is 0 Å². The molecule has 0 atom stereocenters. The van der Waals surface area contributed by atoms with E-state index in [1.165, 1.54) is 21.9 Å². The molecule has 2 rings (SSSR count). The van der Waals surface area contributed by atoms with Crippen molar-refractivity contribution in [3.05, 3.63) is 41.5 Å². The molecule has 2 aromatic carbocycles. The summed E-state index contributed by atoms with van der Waals surface area (Å²) in [6.45, 7) is 4.32. The molecular weight excluding hydrogens is 139 g/mol. The summed E-state index contributed by atoms with van der Waals surface area (Å²) in [5.41, 5.74) is 2.77. The third kappa shape index (κ3) is 1.33. The Labute approximate surface area is 85.1 Å². The summed E-state index contributed by atoms with van der Waals surface area (Å²) in [6, 6.07) is 10.8. The molecule has 0 heterocycles. The molecule has 0 aliphatic heterocycles. The Kier molecular flexibility index (Phi) is 2.72. The van der Waals surface area contributed by atoms with Crippen LogP contribution in [0.5, 0.6) is 0 Å². The van der Waals surface area contributed by atoms with Crippen LogP contribution >= 0.6 is 0 Å². The van der Waals surface area contributed by atoms with Gasteiger partial charge in [0.2, 0.25) is 0 Å². The van der Waals surface area contributed by atoms with Crippen LogP contribution in [0.3, 0.4) is 0 Å². The zero-order valence-electron chi connectivity index (χ0n) is 7.89. The van der Waals surface area contributed by atoms with Gasteiger partial charge >= 0.3 is 18.9 Å². The maximum atomic E-state index is 2.18.